The molecule has 26 heavy (non-hydrogen) atoms. The molecule has 4 aromatic rings. The van der Waals surface area contributed by atoms with Gasteiger partial charge >= 0.3 is 5.91 Å². The Morgan fingerprint density at radius 2 is 1.92 bits per heavy atom. The van der Waals surface area contributed by atoms with E-state index < -0.39 is 5.91 Å². The predicted molar refractivity (Wildman–Crippen MR) is 103 cm³/mol. The van der Waals surface area contributed by atoms with E-state index in [0.717, 1.165) is 21.3 Å². The monoisotopic (exact) mass is 364 g/mol. The number of thiazole rings is 1. The fourth-order valence-corrected chi connectivity index (χ4v) is 4.09. The van der Waals surface area contributed by atoms with Crippen LogP contribution in [0.3, 0.4) is 0 Å². The molecule has 2 aromatic heterocycles. The summed E-state index contributed by atoms with van der Waals surface area (Å²) in [5, 5.41) is 0.447. The standard InChI is InChI=1S/C20H16N2O3S/c1-11-8-12(2)18-14(9-11)22(3)20(26-18)21-19(24)17-10-15(23)13-6-4-5-7-16(13)25-17/h4-10H,1-3H3. The van der Waals surface area contributed by atoms with E-state index in [1.54, 1.807) is 24.3 Å². The van der Waals surface area contributed by atoms with Gasteiger partial charge < -0.3 is 8.98 Å². The van der Waals surface area contributed by atoms with Gasteiger partial charge in [-0.3, -0.25) is 9.59 Å². The zero-order valence-electron chi connectivity index (χ0n) is 14.6. The maximum absolute atomic E-state index is 12.6. The highest BCUT2D eigenvalue weighted by molar-refractivity contribution is 7.16. The summed E-state index contributed by atoms with van der Waals surface area (Å²) >= 11 is 1.45. The molecule has 2 heterocycles. The van der Waals surface area contributed by atoms with Crippen molar-refractivity contribution in [2.45, 2.75) is 13.8 Å². The zero-order chi connectivity index (χ0) is 18.4. The number of para-hydroxylation sites is 1. The third-order valence-electron chi connectivity index (χ3n) is 4.28. The van der Waals surface area contributed by atoms with E-state index in [1.165, 1.54) is 17.4 Å². The minimum absolute atomic E-state index is 0.0564. The van der Waals surface area contributed by atoms with Crippen LogP contribution in [-0.4, -0.2) is 10.5 Å². The molecule has 0 saturated carbocycles. The molecule has 0 bridgehead atoms. The lowest BCUT2D eigenvalue weighted by atomic mass is 10.1. The van der Waals surface area contributed by atoms with Crippen LogP contribution in [0, 0.1) is 13.8 Å². The number of carbonyl (C=O) groups excluding carboxylic acids is 1. The van der Waals surface area contributed by atoms with Crippen LogP contribution in [0.4, 0.5) is 0 Å². The molecule has 0 fully saturated rings. The van der Waals surface area contributed by atoms with Gasteiger partial charge in [-0.25, -0.2) is 0 Å². The average Bonchev–Trinajstić information content (AvgIpc) is 2.91. The molecule has 0 unspecified atom stereocenters. The Hall–Kier alpha value is -2.99. The molecule has 5 nitrogen and oxygen atoms in total. The molecule has 4 rings (SSSR count). The topological polar surface area (TPSA) is 64.6 Å². The normalized spacial score (nSPS) is 12.2. The van der Waals surface area contributed by atoms with E-state index in [4.69, 9.17) is 4.42 Å². The summed E-state index contributed by atoms with van der Waals surface area (Å²) < 4.78 is 8.56. The number of aryl methyl sites for hydroxylation is 3. The largest absolute Gasteiger partial charge is 0.451 e. The minimum atomic E-state index is -0.565. The lowest BCUT2D eigenvalue weighted by Crippen LogP contribution is -2.14. The molecule has 0 saturated heterocycles. The van der Waals surface area contributed by atoms with E-state index in [-0.39, 0.29) is 11.2 Å². The second-order valence-corrected chi connectivity index (χ2v) is 7.24. The number of carbonyl (C=O) groups is 1. The lowest BCUT2D eigenvalue weighted by Gasteiger charge is -2.00. The van der Waals surface area contributed by atoms with E-state index >= 15 is 0 Å². The van der Waals surface area contributed by atoms with Gasteiger partial charge in [0, 0.05) is 13.1 Å². The number of hydrogen-bond donors (Lipinski definition) is 0. The van der Waals surface area contributed by atoms with Gasteiger partial charge in [0.05, 0.1) is 15.6 Å². The molecule has 2 aromatic carbocycles. The molecule has 0 radical (unpaired) electrons. The third-order valence-corrected chi connectivity index (χ3v) is 5.57. The fourth-order valence-electron chi connectivity index (χ4n) is 3.03. The van der Waals surface area contributed by atoms with E-state index in [0.29, 0.717) is 15.8 Å². The van der Waals surface area contributed by atoms with Gasteiger partial charge in [-0.2, -0.15) is 4.99 Å². The highest BCUT2D eigenvalue weighted by Gasteiger charge is 2.13. The van der Waals surface area contributed by atoms with Crippen molar-refractivity contribution in [3.05, 3.63) is 74.4 Å². The van der Waals surface area contributed by atoms with E-state index in [1.807, 2.05) is 25.5 Å². The first kappa shape index (κ1) is 16.5. The summed E-state index contributed by atoms with van der Waals surface area (Å²) in [6.45, 7) is 4.08. The fraction of sp³-hybridized carbons (Fsp3) is 0.150. The molecule has 130 valence electrons. The SMILES string of the molecule is Cc1cc(C)c2sc(=NC(=O)c3cc(=O)c4ccccc4o3)n(C)c2c1. The number of rotatable bonds is 1. The summed E-state index contributed by atoms with van der Waals surface area (Å²) in [4.78, 5) is 29.5. The molecule has 0 aliphatic heterocycles. The molecule has 0 N–H and O–H groups in total. The van der Waals surface area contributed by atoms with E-state index in [9.17, 15) is 9.59 Å². The van der Waals surface area contributed by atoms with Crippen molar-refractivity contribution in [2.75, 3.05) is 0 Å². The highest BCUT2D eigenvalue weighted by atomic mass is 32.1. The molecule has 0 aliphatic rings. The zero-order valence-corrected chi connectivity index (χ0v) is 15.4. The third kappa shape index (κ3) is 2.68. The Balaban J connectivity index is 1.88. The molecule has 0 spiro atoms. The van der Waals surface area contributed by atoms with Crippen molar-refractivity contribution >= 4 is 38.4 Å². The van der Waals surface area contributed by atoms with Crippen molar-refractivity contribution < 1.29 is 9.21 Å². The van der Waals surface area contributed by atoms with Crippen LogP contribution in [0.15, 0.2) is 56.7 Å². The Morgan fingerprint density at radius 1 is 1.15 bits per heavy atom. The van der Waals surface area contributed by atoms with Gasteiger partial charge in [0.15, 0.2) is 16.0 Å². The van der Waals surface area contributed by atoms with Crippen LogP contribution < -0.4 is 10.2 Å². The molecule has 1 amide bonds. The van der Waals surface area contributed by atoms with Gasteiger partial charge in [0.25, 0.3) is 0 Å². The van der Waals surface area contributed by atoms with Crippen molar-refractivity contribution in [1.82, 2.24) is 4.57 Å². The molecule has 6 heteroatoms. The van der Waals surface area contributed by atoms with Crippen LogP contribution in [0.5, 0.6) is 0 Å². The number of amides is 1. The lowest BCUT2D eigenvalue weighted by molar-refractivity contribution is 0.0972. The first-order valence-electron chi connectivity index (χ1n) is 8.13. The van der Waals surface area contributed by atoms with Gasteiger partial charge in [-0.1, -0.05) is 29.5 Å². The van der Waals surface area contributed by atoms with Crippen LogP contribution in [-0.2, 0) is 7.05 Å². The van der Waals surface area contributed by atoms with Crippen molar-refractivity contribution in [3.63, 3.8) is 0 Å². The quantitative estimate of drug-likeness (QED) is 0.517. The Labute approximate surface area is 152 Å². The average molecular weight is 364 g/mol. The van der Waals surface area contributed by atoms with E-state index in [2.05, 4.69) is 17.1 Å². The molecular weight excluding hydrogens is 348 g/mol. The van der Waals surface area contributed by atoms with Gasteiger partial charge in [0.1, 0.15) is 5.58 Å². The summed E-state index contributed by atoms with van der Waals surface area (Å²) in [5.74, 6) is -0.622. The van der Waals surface area contributed by atoms with Crippen LogP contribution >= 0.6 is 11.3 Å². The van der Waals surface area contributed by atoms with Crippen LogP contribution in [0.1, 0.15) is 21.7 Å². The summed E-state index contributed by atoms with van der Waals surface area (Å²) in [6.07, 6.45) is 0. The Kier molecular flexibility index (Phi) is 3.85. The van der Waals surface area contributed by atoms with Gasteiger partial charge in [-0.05, 0) is 43.2 Å². The van der Waals surface area contributed by atoms with Gasteiger partial charge in [-0.15, -0.1) is 0 Å². The van der Waals surface area contributed by atoms with Gasteiger partial charge in [0.2, 0.25) is 0 Å². The summed E-state index contributed by atoms with van der Waals surface area (Å²) in [7, 11) is 1.88. The number of nitrogens with zero attached hydrogens (tertiary/aromatic N) is 2. The number of fused-ring (bicyclic) bond motifs is 2. The predicted octanol–water partition coefficient (Wildman–Crippen LogP) is 3.70. The Morgan fingerprint density at radius 3 is 2.73 bits per heavy atom. The molecule has 0 atom stereocenters. The number of benzene rings is 2. The smallest absolute Gasteiger partial charge is 0.315 e. The van der Waals surface area contributed by atoms with Crippen LogP contribution in [0.25, 0.3) is 21.2 Å². The first-order chi connectivity index (χ1) is 12.4. The first-order valence-corrected chi connectivity index (χ1v) is 8.94. The number of aromatic nitrogens is 1. The summed E-state index contributed by atoms with van der Waals surface area (Å²) in [5.41, 5.74) is 3.45. The van der Waals surface area contributed by atoms with Crippen LogP contribution in [0.2, 0.25) is 0 Å². The van der Waals surface area contributed by atoms with Crippen molar-refractivity contribution in [1.29, 1.82) is 0 Å². The second kappa shape index (κ2) is 6.07. The Bertz CT molecular complexity index is 1310. The maximum Gasteiger partial charge on any atom is 0.315 e. The molecule has 0 aliphatic carbocycles. The van der Waals surface area contributed by atoms with Crippen molar-refractivity contribution in [3.8, 4) is 0 Å². The highest BCUT2D eigenvalue weighted by Crippen LogP contribution is 2.22. The minimum Gasteiger partial charge on any atom is -0.451 e. The summed E-state index contributed by atoms with van der Waals surface area (Å²) in [6, 6.07) is 12.2. The maximum atomic E-state index is 12.6. The van der Waals surface area contributed by atoms with Crippen molar-refractivity contribution in [2.24, 2.45) is 12.0 Å². The molecular formula is C20H16N2O3S. The number of hydrogen-bond acceptors (Lipinski definition) is 4. The second-order valence-electron chi connectivity index (χ2n) is 6.26.